The highest BCUT2D eigenvalue weighted by atomic mass is 32.2. The number of benzene rings is 1. The van der Waals surface area contributed by atoms with Gasteiger partial charge in [0.1, 0.15) is 0 Å². The Morgan fingerprint density at radius 2 is 1.72 bits per heavy atom. The maximum atomic E-state index is 12.5. The summed E-state index contributed by atoms with van der Waals surface area (Å²) in [5, 5.41) is 3.40. The van der Waals surface area contributed by atoms with Crippen LogP contribution in [0.25, 0.3) is 0 Å². The summed E-state index contributed by atoms with van der Waals surface area (Å²) in [6, 6.07) is 7.67. The number of hydrogen-bond acceptors (Lipinski definition) is 2. The first-order valence-electron chi connectivity index (χ1n) is 6.47. The summed E-state index contributed by atoms with van der Waals surface area (Å²) in [5.74, 6) is -2.37. The van der Waals surface area contributed by atoms with Gasteiger partial charge in [0, 0.05) is 16.6 Å². The monoisotopic (exact) mass is 273 g/mol. The molecule has 4 heteroatoms. The molecule has 0 radical (unpaired) electrons. The number of para-hydroxylation sites is 1. The summed E-state index contributed by atoms with van der Waals surface area (Å²) >= 11 is 0.607. The van der Waals surface area contributed by atoms with Gasteiger partial charge in [-0.15, -0.1) is 0 Å². The predicted molar refractivity (Wildman–Crippen MR) is 75.5 cm³/mol. The minimum atomic E-state index is -2.37. The number of thioether (sulfide) groups is 1. The Balaban J connectivity index is 2.74. The van der Waals surface area contributed by atoms with Gasteiger partial charge in [0.05, 0.1) is 0 Å². The summed E-state index contributed by atoms with van der Waals surface area (Å²) in [6.45, 7) is 4.29. The van der Waals surface area contributed by atoms with Crippen LogP contribution in [0.4, 0.5) is 14.5 Å². The van der Waals surface area contributed by atoms with E-state index >= 15 is 0 Å². The number of rotatable bonds is 8. The van der Waals surface area contributed by atoms with E-state index in [-0.39, 0.29) is 0 Å². The van der Waals surface area contributed by atoms with Crippen LogP contribution in [0.15, 0.2) is 29.2 Å². The smallest absolute Gasteiger partial charge is 0.288 e. The topological polar surface area (TPSA) is 12.0 Å². The Bertz CT molecular complexity index is 338. The van der Waals surface area contributed by atoms with E-state index in [0.717, 1.165) is 31.4 Å². The molecule has 1 rings (SSSR count). The van der Waals surface area contributed by atoms with Gasteiger partial charge in [0.15, 0.2) is 0 Å². The zero-order valence-electron chi connectivity index (χ0n) is 11.0. The summed E-state index contributed by atoms with van der Waals surface area (Å²) in [5.41, 5.74) is 0.828. The van der Waals surface area contributed by atoms with Crippen molar-refractivity contribution in [1.29, 1.82) is 0 Å². The van der Waals surface area contributed by atoms with Crippen LogP contribution in [0.2, 0.25) is 0 Å². The second-order valence-corrected chi connectivity index (χ2v) is 5.33. The molecular weight excluding hydrogens is 252 g/mol. The molecule has 0 amide bonds. The van der Waals surface area contributed by atoms with Gasteiger partial charge in [0.2, 0.25) is 0 Å². The Hall–Kier alpha value is -0.770. The van der Waals surface area contributed by atoms with Crippen LogP contribution in [0, 0.1) is 0 Å². The fourth-order valence-corrected chi connectivity index (χ4v) is 2.59. The highest BCUT2D eigenvalue weighted by molar-refractivity contribution is 7.99. The van der Waals surface area contributed by atoms with Crippen LogP contribution in [0.3, 0.4) is 0 Å². The summed E-state index contributed by atoms with van der Waals surface area (Å²) < 4.78 is 24.9. The largest absolute Gasteiger partial charge is 0.381 e. The Kier molecular flexibility index (Phi) is 7.09. The second kappa shape index (κ2) is 8.35. The molecule has 0 aliphatic heterocycles. The number of anilines is 1. The molecular formula is C14H21F2NS. The van der Waals surface area contributed by atoms with Crippen molar-refractivity contribution in [2.24, 2.45) is 0 Å². The molecule has 18 heavy (non-hydrogen) atoms. The fraction of sp³-hybridized carbons (Fsp3) is 0.571. The second-order valence-electron chi connectivity index (χ2n) is 4.29. The maximum Gasteiger partial charge on any atom is 0.288 e. The van der Waals surface area contributed by atoms with Crippen molar-refractivity contribution >= 4 is 17.4 Å². The molecule has 0 spiro atoms. The van der Waals surface area contributed by atoms with Gasteiger partial charge in [0.25, 0.3) is 5.76 Å². The average Bonchev–Trinajstić information content (AvgIpc) is 2.31. The number of halogens is 2. The summed E-state index contributed by atoms with van der Waals surface area (Å²) in [7, 11) is 0. The third kappa shape index (κ3) is 5.25. The molecule has 0 aromatic heterocycles. The van der Waals surface area contributed by atoms with Crippen molar-refractivity contribution in [3.63, 3.8) is 0 Å². The maximum absolute atomic E-state index is 12.5. The molecule has 0 unspecified atom stereocenters. The fourth-order valence-electron chi connectivity index (χ4n) is 1.99. The minimum absolute atomic E-state index is 0.374. The Labute approximate surface area is 112 Å². The van der Waals surface area contributed by atoms with E-state index in [9.17, 15) is 8.78 Å². The molecule has 0 atom stereocenters. The number of hydrogen-bond donors (Lipinski definition) is 1. The standard InChI is InChI=1S/C14H21F2NS/c1-3-7-11(8-4-2)17-12-9-5-6-10-13(12)18-14(15)16/h5-6,9-11,14,17H,3-4,7-8H2,1-2H3. The minimum Gasteiger partial charge on any atom is -0.381 e. The normalized spacial score (nSPS) is 11.2. The van der Waals surface area contributed by atoms with Gasteiger partial charge in [-0.1, -0.05) is 50.6 Å². The average molecular weight is 273 g/mol. The van der Waals surface area contributed by atoms with Gasteiger partial charge >= 0.3 is 0 Å². The lowest BCUT2D eigenvalue weighted by atomic mass is 10.1. The first-order chi connectivity index (χ1) is 8.67. The van der Waals surface area contributed by atoms with Crippen LogP contribution < -0.4 is 5.32 Å². The lowest BCUT2D eigenvalue weighted by molar-refractivity contribution is 0.252. The van der Waals surface area contributed by atoms with E-state index < -0.39 is 5.76 Å². The lowest BCUT2D eigenvalue weighted by Crippen LogP contribution is -2.19. The van der Waals surface area contributed by atoms with Gasteiger partial charge in [-0.25, -0.2) is 0 Å². The molecule has 0 aliphatic carbocycles. The molecule has 0 bridgehead atoms. The van der Waals surface area contributed by atoms with E-state index in [1.54, 1.807) is 12.1 Å². The molecule has 102 valence electrons. The van der Waals surface area contributed by atoms with Crippen LogP contribution in [0.5, 0.6) is 0 Å². The third-order valence-corrected chi connectivity index (χ3v) is 3.53. The molecule has 0 heterocycles. The highest BCUT2D eigenvalue weighted by Gasteiger charge is 2.12. The van der Waals surface area contributed by atoms with Crippen molar-refractivity contribution in [3.8, 4) is 0 Å². The first-order valence-corrected chi connectivity index (χ1v) is 7.35. The van der Waals surface area contributed by atoms with Crippen LogP contribution >= 0.6 is 11.8 Å². The van der Waals surface area contributed by atoms with E-state index in [1.807, 2.05) is 12.1 Å². The van der Waals surface area contributed by atoms with Gasteiger partial charge in [-0.05, 0) is 25.0 Å². The van der Waals surface area contributed by atoms with Crippen molar-refractivity contribution in [3.05, 3.63) is 24.3 Å². The Morgan fingerprint density at radius 3 is 2.28 bits per heavy atom. The molecule has 0 aliphatic rings. The summed E-state index contributed by atoms with van der Waals surface area (Å²) in [4.78, 5) is 0.629. The Morgan fingerprint density at radius 1 is 1.11 bits per heavy atom. The zero-order valence-corrected chi connectivity index (χ0v) is 11.8. The van der Waals surface area contributed by atoms with Gasteiger partial charge in [-0.2, -0.15) is 8.78 Å². The molecule has 0 saturated carbocycles. The van der Waals surface area contributed by atoms with Gasteiger partial charge < -0.3 is 5.32 Å². The molecule has 1 aromatic rings. The third-order valence-electron chi connectivity index (χ3n) is 2.74. The van der Waals surface area contributed by atoms with Crippen LogP contribution in [-0.2, 0) is 0 Å². The van der Waals surface area contributed by atoms with Crippen molar-refractivity contribution in [2.45, 2.75) is 56.2 Å². The quantitative estimate of drug-likeness (QED) is 0.638. The SMILES string of the molecule is CCCC(CCC)Nc1ccccc1SC(F)F. The molecule has 1 N–H and O–H groups in total. The van der Waals surface area contributed by atoms with E-state index in [0.29, 0.717) is 22.7 Å². The lowest BCUT2D eigenvalue weighted by Gasteiger charge is -2.20. The van der Waals surface area contributed by atoms with Crippen molar-refractivity contribution in [2.75, 3.05) is 5.32 Å². The molecule has 0 saturated heterocycles. The molecule has 0 fully saturated rings. The van der Waals surface area contributed by atoms with Crippen molar-refractivity contribution < 1.29 is 8.78 Å². The van der Waals surface area contributed by atoms with Crippen LogP contribution in [-0.4, -0.2) is 11.8 Å². The first kappa shape index (κ1) is 15.3. The van der Waals surface area contributed by atoms with E-state index in [1.165, 1.54) is 0 Å². The number of alkyl halides is 2. The molecule has 1 nitrogen and oxygen atoms in total. The van der Waals surface area contributed by atoms with E-state index in [4.69, 9.17) is 0 Å². The van der Waals surface area contributed by atoms with E-state index in [2.05, 4.69) is 19.2 Å². The summed E-state index contributed by atoms with van der Waals surface area (Å²) in [6.07, 6.45) is 4.34. The molecule has 1 aromatic carbocycles. The van der Waals surface area contributed by atoms with Crippen molar-refractivity contribution in [1.82, 2.24) is 0 Å². The van der Waals surface area contributed by atoms with Gasteiger partial charge in [-0.3, -0.25) is 0 Å². The highest BCUT2D eigenvalue weighted by Crippen LogP contribution is 2.32. The zero-order chi connectivity index (χ0) is 13.4. The predicted octanol–water partition coefficient (Wildman–Crippen LogP) is 5.38. The number of nitrogens with one attached hydrogen (secondary N) is 1. The van der Waals surface area contributed by atoms with Crippen LogP contribution in [0.1, 0.15) is 39.5 Å².